The van der Waals surface area contributed by atoms with Crippen molar-refractivity contribution in [3.63, 3.8) is 0 Å². The number of pyridine rings is 2. The monoisotopic (exact) mass is 636 g/mol. The zero-order valence-electron chi connectivity index (χ0n) is 19.6. The Morgan fingerprint density at radius 2 is 1.31 bits per heavy atom. The van der Waals surface area contributed by atoms with Crippen LogP contribution < -0.4 is 0 Å². The first kappa shape index (κ1) is 24.6. The Bertz CT molecular complexity index is 1430. The van der Waals surface area contributed by atoms with Gasteiger partial charge in [-0.2, -0.15) is 0 Å². The average molecular weight is 637 g/mol. The van der Waals surface area contributed by atoms with Crippen LogP contribution >= 0.6 is 0 Å². The Kier molecular flexibility index (Phi) is 7.28. The number of aromatic hydroxyl groups is 1. The summed E-state index contributed by atoms with van der Waals surface area (Å²) in [7, 11) is 0. The number of hydrogen-bond donors (Lipinski definition) is 1. The molecule has 5 rings (SSSR count). The van der Waals surface area contributed by atoms with Crippen molar-refractivity contribution < 1.29 is 26.2 Å². The molecule has 0 atom stereocenters. The van der Waals surface area contributed by atoms with Crippen LogP contribution in [0.3, 0.4) is 0 Å². The summed E-state index contributed by atoms with van der Waals surface area (Å²) >= 11 is 0. The van der Waals surface area contributed by atoms with E-state index in [9.17, 15) is 5.11 Å². The van der Waals surface area contributed by atoms with E-state index in [1.807, 2.05) is 84.9 Å². The first-order valence-electron chi connectivity index (χ1n) is 11.3. The summed E-state index contributed by atoms with van der Waals surface area (Å²) in [5.74, 6) is 0.220. The summed E-state index contributed by atoms with van der Waals surface area (Å²) < 4.78 is 0. The molecule has 0 bridgehead atoms. The van der Waals surface area contributed by atoms with Crippen molar-refractivity contribution in [1.29, 1.82) is 0 Å². The third-order valence-corrected chi connectivity index (χ3v) is 6.25. The smallest absolute Gasteiger partial charge is 0.125 e. The van der Waals surface area contributed by atoms with Crippen LogP contribution in [0.15, 0.2) is 109 Å². The first-order valence-corrected chi connectivity index (χ1v) is 11.3. The fraction of sp³-hybridized carbons (Fsp3) is 0.0968. The zero-order chi connectivity index (χ0) is 23.5. The van der Waals surface area contributed by atoms with E-state index in [0.29, 0.717) is 5.56 Å². The van der Waals surface area contributed by atoms with Crippen LogP contribution in [-0.4, -0.2) is 15.1 Å². The topological polar surface area (TPSA) is 46.0 Å². The maximum atomic E-state index is 11.0. The molecule has 2 aromatic heterocycles. The molecule has 3 nitrogen and oxygen atoms in total. The Labute approximate surface area is 220 Å². The van der Waals surface area contributed by atoms with Crippen LogP contribution in [0.2, 0.25) is 0 Å². The van der Waals surface area contributed by atoms with E-state index in [4.69, 9.17) is 4.98 Å². The van der Waals surface area contributed by atoms with Gasteiger partial charge in [0, 0.05) is 49.6 Å². The van der Waals surface area contributed by atoms with Gasteiger partial charge >= 0.3 is 0 Å². The molecule has 0 aliphatic carbocycles. The molecule has 0 saturated heterocycles. The van der Waals surface area contributed by atoms with E-state index in [2.05, 4.69) is 43.1 Å². The Morgan fingerprint density at radius 3 is 2.03 bits per heavy atom. The molecule has 2 heterocycles. The number of nitrogens with zero attached hydrogens (tertiary/aromatic N) is 2. The standard InChI is InChI=1S/C31H25N2O.Pt/c1-31(2,24-12-4-3-5-13-24)25-17-18-26(30(34)21-25)29-16-9-15-28(33-29)23-11-8-10-22(20-23)27-14-6-7-19-32-27;/h3-19,21,34H,1-2H3;/q-1;. The van der Waals surface area contributed by atoms with Crippen LogP contribution in [0.1, 0.15) is 25.0 Å². The zero-order valence-corrected chi connectivity index (χ0v) is 21.8. The second kappa shape index (κ2) is 10.4. The van der Waals surface area contributed by atoms with Crippen molar-refractivity contribution in [2.75, 3.05) is 0 Å². The van der Waals surface area contributed by atoms with Gasteiger partial charge < -0.3 is 5.11 Å². The molecule has 0 spiro atoms. The van der Waals surface area contributed by atoms with Gasteiger partial charge in [0.15, 0.2) is 0 Å². The van der Waals surface area contributed by atoms with Gasteiger partial charge in [0.25, 0.3) is 0 Å². The van der Waals surface area contributed by atoms with E-state index in [1.165, 1.54) is 5.56 Å². The molecule has 5 aromatic rings. The molecule has 0 aliphatic heterocycles. The Morgan fingerprint density at radius 1 is 0.657 bits per heavy atom. The first-order chi connectivity index (χ1) is 16.5. The van der Waals surface area contributed by atoms with Gasteiger partial charge in [-0.25, -0.2) is 0 Å². The molecular formula is C31H25N2OPt-. The van der Waals surface area contributed by atoms with Crippen LogP contribution in [0.5, 0.6) is 5.75 Å². The van der Waals surface area contributed by atoms with Gasteiger partial charge in [0.05, 0.1) is 5.69 Å². The third kappa shape index (κ3) is 5.11. The quantitative estimate of drug-likeness (QED) is 0.206. The minimum atomic E-state index is -0.229. The van der Waals surface area contributed by atoms with Crippen LogP contribution in [0.4, 0.5) is 0 Å². The van der Waals surface area contributed by atoms with E-state index in [1.54, 1.807) is 6.20 Å². The van der Waals surface area contributed by atoms with Crippen molar-refractivity contribution in [3.8, 4) is 39.5 Å². The maximum Gasteiger partial charge on any atom is 0.125 e. The second-order valence-corrected chi connectivity index (χ2v) is 8.82. The normalized spacial score (nSPS) is 11.0. The minimum absolute atomic E-state index is 0. The second-order valence-electron chi connectivity index (χ2n) is 8.82. The molecule has 0 radical (unpaired) electrons. The van der Waals surface area contributed by atoms with Gasteiger partial charge in [-0.3, -0.25) is 9.97 Å². The number of aromatic nitrogens is 2. The number of hydrogen-bond acceptors (Lipinski definition) is 3. The van der Waals surface area contributed by atoms with Gasteiger partial charge in [-0.1, -0.05) is 85.6 Å². The van der Waals surface area contributed by atoms with Gasteiger partial charge in [-0.15, -0.1) is 24.3 Å². The fourth-order valence-electron chi connectivity index (χ4n) is 4.18. The van der Waals surface area contributed by atoms with E-state index < -0.39 is 0 Å². The Hall–Kier alpha value is -3.55. The molecule has 1 N–H and O–H groups in total. The molecule has 0 amide bonds. The van der Waals surface area contributed by atoms with E-state index in [-0.39, 0.29) is 32.2 Å². The number of phenolic OH excluding ortho intramolecular Hbond substituents is 1. The Balaban J connectivity index is 0.00000289. The largest absolute Gasteiger partial charge is 0.507 e. The predicted molar refractivity (Wildman–Crippen MR) is 137 cm³/mol. The summed E-state index contributed by atoms with van der Waals surface area (Å²) in [5.41, 5.74) is 6.90. The third-order valence-electron chi connectivity index (χ3n) is 6.25. The molecule has 3 aromatic carbocycles. The van der Waals surface area contributed by atoms with Crippen LogP contribution in [0.25, 0.3) is 33.8 Å². The maximum absolute atomic E-state index is 11.0. The number of rotatable bonds is 5. The van der Waals surface area contributed by atoms with Crippen molar-refractivity contribution in [3.05, 3.63) is 127 Å². The number of benzene rings is 3. The average Bonchev–Trinajstić information content (AvgIpc) is 2.90. The molecule has 0 unspecified atom stereocenters. The van der Waals surface area contributed by atoms with Crippen molar-refractivity contribution in [1.82, 2.24) is 9.97 Å². The predicted octanol–water partition coefficient (Wildman–Crippen LogP) is 7.31. The number of phenols is 1. The summed E-state index contributed by atoms with van der Waals surface area (Å²) in [6, 6.07) is 37.3. The van der Waals surface area contributed by atoms with E-state index in [0.717, 1.165) is 33.8 Å². The van der Waals surface area contributed by atoms with Gasteiger partial charge in [-0.05, 0) is 35.4 Å². The molecule has 176 valence electrons. The molecular weight excluding hydrogens is 611 g/mol. The molecule has 0 fully saturated rings. The van der Waals surface area contributed by atoms with Crippen LogP contribution in [-0.2, 0) is 26.5 Å². The summed E-state index contributed by atoms with van der Waals surface area (Å²) in [6.45, 7) is 4.33. The van der Waals surface area contributed by atoms with Crippen LogP contribution in [0, 0.1) is 6.07 Å². The van der Waals surface area contributed by atoms with Crippen molar-refractivity contribution in [2.24, 2.45) is 0 Å². The SMILES string of the molecule is CC(C)(c1ccccc1)c1ccc(-c2cccc(-c3[c-]c(-c4ccccn4)ccc3)n2)c(O)c1.[Pt]. The minimum Gasteiger partial charge on any atom is -0.507 e. The molecule has 4 heteroatoms. The van der Waals surface area contributed by atoms with Crippen molar-refractivity contribution >= 4 is 0 Å². The summed E-state index contributed by atoms with van der Waals surface area (Å²) in [5, 5.41) is 11.0. The van der Waals surface area contributed by atoms with Gasteiger partial charge in [0.1, 0.15) is 5.75 Å². The van der Waals surface area contributed by atoms with E-state index >= 15 is 0 Å². The fourth-order valence-corrected chi connectivity index (χ4v) is 4.18. The summed E-state index contributed by atoms with van der Waals surface area (Å²) in [4.78, 5) is 9.27. The van der Waals surface area contributed by atoms with Crippen molar-refractivity contribution in [2.45, 2.75) is 19.3 Å². The molecule has 0 saturated carbocycles. The summed E-state index contributed by atoms with van der Waals surface area (Å²) in [6.07, 6.45) is 1.78. The molecule has 0 aliphatic rings. The molecule has 35 heavy (non-hydrogen) atoms. The van der Waals surface area contributed by atoms with Gasteiger partial charge in [0.2, 0.25) is 0 Å².